The quantitative estimate of drug-likeness (QED) is 0.310. The van der Waals surface area contributed by atoms with Gasteiger partial charge in [0.15, 0.2) is 11.5 Å². The number of aromatic carboxylic acids is 1. The van der Waals surface area contributed by atoms with Gasteiger partial charge in [-0.2, -0.15) is 5.10 Å². The van der Waals surface area contributed by atoms with Crippen molar-refractivity contribution in [2.24, 2.45) is 5.10 Å². The monoisotopic (exact) mass is 376 g/mol. The van der Waals surface area contributed by atoms with Crippen molar-refractivity contribution in [1.82, 2.24) is 5.43 Å². The lowest BCUT2D eigenvalue weighted by Crippen LogP contribution is -2.17. The standard InChI is InChI=1S/C21H16N2O5/c24-18-9-8-17(11-19(18)25)20(26)23-22-12-13-2-1-3-16(10-13)14-4-6-15(7-5-14)21(27)28/h1-12,24-25H,(H,23,26)(H,27,28)/b22-12+. The normalized spacial score (nSPS) is 10.7. The fourth-order valence-corrected chi connectivity index (χ4v) is 2.50. The Labute approximate surface area is 160 Å². The van der Waals surface area contributed by atoms with Gasteiger partial charge in [-0.3, -0.25) is 4.79 Å². The number of hydrazone groups is 1. The molecule has 28 heavy (non-hydrogen) atoms. The minimum absolute atomic E-state index is 0.153. The molecule has 0 saturated carbocycles. The molecule has 0 bridgehead atoms. The maximum atomic E-state index is 12.0. The molecular weight excluding hydrogens is 360 g/mol. The van der Waals surface area contributed by atoms with Crippen LogP contribution in [0.2, 0.25) is 0 Å². The molecule has 7 nitrogen and oxygen atoms in total. The lowest BCUT2D eigenvalue weighted by Gasteiger charge is -2.04. The summed E-state index contributed by atoms with van der Waals surface area (Å²) in [6.45, 7) is 0. The first-order chi connectivity index (χ1) is 13.4. The molecule has 0 aliphatic heterocycles. The van der Waals surface area contributed by atoms with Crippen molar-refractivity contribution >= 4 is 18.1 Å². The zero-order valence-electron chi connectivity index (χ0n) is 14.5. The Morgan fingerprint density at radius 2 is 1.54 bits per heavy atom. The number of amides is 1. The lowest BCUT2D eigenvalue weighted by atomic mass is 10.0. The maximum absolute atomic E-state index is 12.0. The van der Waals surface area contributed by atoms with E-state index >= 15 is 0 Å². The summed E-state index contributed by atoms with van der Waals surface area (Å²) in [5.74, 6) is -2.22. The summed E-state index contributed by atoms with van der Waals surface area (Å²) in [6.07, 6.45) is 1.47. The van der Waals surface area contributed by atoms with Gasteiger partial charge < -0.3 is 15.3 Å². The molecule has 0 heterocycles. The number of hydrogen-bond donors (Lipinski definition) is 4. The van der Waals surface area contributed by atoms with Gasteiger partial charge in [-0.25, -0.2) is 10.2 Å². The lowest BCUT2D eigenvalue weighted by molar-refractivity contribution is 0.0696. The summed E-state index contributed by atoms with van der Waals surface area (Å²) < 4.78 is 0. The summed E-state index contributed by atoms with van der Waals surface area (Å²) in [7, 11) is 0. The third kappa shape index (κ3) is 4.34. The van der Waals surface area contributed by atoms with E-state index < -0.39 is 17.6 Å². The average molecular weight is 376 g/mol. The summed E-state index contributed by atoms with van der Waals surface area (Å²) in [5, 5.41) is 31.6. The van der Waals surface area contributed by atoms with Crippen LogP contribution in [0.5, 0.6) is 11.5 Å². The Morgan fingerprint density at radius 1 is 0.821 bits per heavy atom. The third-order valence-corrected chi connectivity index (χ3v) is 3.97. The van der Waals surface area contributed by atoms with Gasteiger partial charge in [0.1, 0.15) is 0 Å². The predicted molar refractivity (Wildman–Crippen MR) is 104 cm³/mol. The Bertz CT molecular complexity index is 1060. The predicted octanol–water partition coefficient (Wildman–Crippen LogP) is 3.23. The van der Waals surface area contributed by atoms with Gasteiger partial charge in [0.05, 0.1) is 11.8 Å². The zero-order chi connectivity index (χ0) is 20.1. The number of aromatic hydroxyl groups is 2. The van der Waals surface area contributed by atoms with E-state index in [2.05, 4.69) is 10.5 Å². The van der Waals surface area contributed by atoms with Crippen LogP contribution in [0.4, 0.5) is 0 Å². The van der Waals surface area contributed by atoms with Gasteiger partial charge in [-0.15, -0.1) is 0 Å². The van der Waals surface area contributed by atoms with E-state index in [1.165, 1.54) is 30.5 Å². The van der Waals surface area contributed by atoms with E-state index in [1.54, 1.807) is 18.2 Å². The number of carbonyl (C=O) groups is 2. The molecule has 0 fully saturated rings. The average Bonchev–Trinajstić information content (AvgIpc) is 2.70. The van der Waals surface area contributed by atoms with Crippen molar-refractivity contribution in [3.05, 3.63) is 83.4 Å². The molecular formula is C21H16N2O5. The second-order valence-electron chi connectivity index (χ2n) is 5.91. The van der Waals surface area contributed by atoms with Crippen LogP contribution >= 0.6 is 0 Å². The minimum Gasteiger partial charge on any atom is -0.504 e. The fourth-order valence-electron chi connectivity index (χ4n) is 2.50. The number of phenolic OH excluding ortho intramolecular Hbond substituents is 2. The molecule has 3 aromatic carbocycles. The molecule has 0 aliphatic carbocycles. The second-order valence-corrected chi connectivity index (χ2v) is 5.91. The number of benzene rings is 3. The summed E-state index contributed by atoms with van der Waals surface area (Å²) in [6, 6.07) is 17.6. The van der Waals surface area contributed by atoms with Crippen LogP contribution in [0.1, 0.15) is 26.3 Å². The van der Waals surface area contributed by atoms with E-state index in [0.29, 0.717) is 0 Å². The Morgan fingerprint density at radius 3 is 2.21 bits per heavy atom. The summed E-state index contributed by atoms with van der Waals surface area (Å²) >= 11 is 0. The number of carboxylic acid groups (broad SMARTS) is 1. The maximum Gasteiger partial charge on any atom is 0.335 e. The number of phenols is 2. The number of nitrogens with zero attached hydrogens (tertiary/aromatic N) is 1. The van der Waals surface area contributed by atoms with Gasteiger partial charge in [-0.05, 0) is 53.1 Å². The van der Waals surface area contributed by atoms with E-state index in [0.717, 1.165) is 22.8 Å². The van der Waals surface area contributed by atoms with Gasteiger partial charge >= 0.3 is 5.97 Å². The number of rotatable bonds is 5. The van der Waals surface area contributed by atoms with Crippen LogP contribution in [0.3, 0.4) is 0 Å². The van der Waals surface area contributed by atoms with Crippen molar-refractivity contribution in [3.8, 4) is 22.6 Å². The largest absolute Gasteiger partial charge is 0.504 e. The highest BCUT2D eigenvalue weighted by atomic mass is 16.4. The van der Waals surface area contributed by atoms with Gasteiger partial charge in [0.2, 0.25) is 0 Å². The molecule has 0 aliphatic rings. The second kappa shape index (κ2) is 8.05. The molecule has 0 unspecified atom stereocenters. The van der Waals surface area contributed by atoms with E-state index in [9.17, 15) is 19.8 Å². The highest BCUT2D eigenvalue weighted by Gasteiger charge is 2.08. The van der Waals surface area contributed by atoms with Crippen LogP contribution in [-0.2, 0) is 0 Å². The highest BCUT2D eigenvalue weighted by molar-refractivity contribution is 5.95. The van der Waals surface area contributed by atoms with Gasteiger partial charge in [0.25, 0.3) is 5.91 Å². The summed E-state index contributed by atoms with van der Waals surface area (Å²) in [5.41, 5.74) is 5.16. The van der Waals surface area contributed by atoms with E-state index in [1.807, 2.05) is 18.2 Å². The molecule has 140 valence electrons. The van der Waals surface area contributed by atoms with Crippen LogP contribution in [0.15, 0.2) is 71.8 Å². The topological polar surface area (TPSA) is 119 Å². The Kier molecular flexibility index (Phi) is 5.36. The Hall–Kier alpha value is -4.13. The van der Waals surface area contributed by atoms with Crippen molar-refractivity contribution in [2.75, 3.05) is 0 Å². The van der Waals surface area contributed by atoms with Crippen LogP contribution in [0.25, 0.3) is 11.1 Å². The number of carboxylic acids is 1. The molecule has 0 saturated heterocycles. The number of nitrogens with one attached hydrogen (secondary N) is 1. The third-order valence-electron chi connectivity index (χ3n) is 3.97. The molecule has 3 aromatic rings. The van der Waals surface area contributed by atoms with Crippen molar-refractivity contribution in [3.63, 3.8) is 0 Å². The van der Waals surface area contributed by atoms with Crippen molar-refractivity contribution < 1.29 is 24.9 Å². The SMILES string of the molecule is O=C(O)c1ccc(-c2cccc(/C=N/NC(=O)c3ccc(O)c(O)c3)c2)cc1. The minimum atomic E-state index is -0.981. The van der Waals surface area contributed by atoms with Crippen molar-refractivity contribution in [1.29, 1.82) is 0 Å². The first-order valence-electron chi connectivity index (χ1n) is 8.23. The van der Waals surface area contributed by atoms with Crippen LogP contribution in [0, 0.1) is 0 Å². The molecule has 0 spiro atoms. The number of hydrogen-bond acceptors (Lipinski definition) is 5. The first kappa shape index (κ1) is 18.7. The molecule has 0 aromatic heterocycles. The molecule has 4 N–H and O–H groups in total. The molecule has 7 heteroatoms. The zero-order valence-corrected chi connectivity index (χ0v) is 14.5. The van der Waals surface area contributed by atoms with Gasteiger partial charge in [0, 0.05) is 5.56 Å². The first-order valence-corrected chi connectivity index (χ1v) is 8.23. The highest BCUT2D eigenvalue weighted by Crippen LogP contribution is 2.24. The van der Waals surface area contributed by atoms with E-state index in [-0.39, 0.29) is 16.9 Å². The molecule has 0 radical (unpaired) electrons. The smallest absolute Gasteiger partial charge is 0.335 e. The van der Waals surface area contributed by atoms with Crippen LogP contribution in [-0.4, -0.2) is 33.4 Å². The Balaban J connectivity index is 1.70. The fraction of sp³-hybridized carbons (Fsp3) is 0. The molecule has 0 atom stereocenters. The molecule has 3 rings (SSSR count). The van der Waals surface area contributed by atoms with E-state index in [4.69, 9.17) is 5.11 Å². The van der Waals surface area contributed by atoms with Crippen LogP contribution < -0.4 is 5.43 Å². The van der Waals surface area contributed by atoms with Crippen molar-refractivity contribution in [2.45, 2.75) is 0 Å². The van der Waals surface area contributed by atoms with Gasteiger partial charge in [-0.1, -0.05) is 30.3 Å². The number of carbonyl (C=O) groups excluding carboxylic acids is 1. The molecule has 1 amide bonds. The summed E-state index contributed by atoms with van der Waals surface area (Å²) in [4.78, 5) is 22.9.